The molecule has 0 spiro atoms. The van der Waals surface area contributed by atoms with E-state index in [4.69, 9.17) is 4.74 Å². The maximum Gasteiger partial charge on any atom is 0.411 e. The SMILES string of the molecule is C=C(NC(=O)C(=C)N1Cc2c(cccc2-c2ccc(NC(=O)OC3CCCC3)cc2)C1=O)C(=O)OC. The lowest BCUT2D eigenvalue weighted by molar-refractivity contribution is -0.137. The molecule has 1 aliphatic heterocycles. The number of benzene rings is 2. The maximum atomic E-state index is 13.0. The second-order valence-electron chi connectivity index (χ2n) is 8.61. The number of hydrogen-bond acceptors (Lipinski definition) is 6. The number of nitrogens with one attached hydrogen (secondary N) is 2. The molecule has 4 rings (SSSR count). The van der Waals surface area contributed by atoms with Crippen LogP contribution in [0.4, 0.5) is 10.5 Å². The average Bonchev–Trinajstić information content (AvgIpc) is 3.51. The third-order valence-electron chi connectivity index (χ3n) is 6.27. The van der Waals surface area contributed by atoms with E-state index in [-0.39, 0.29) is 29.9 Å². The quantitative estimate of drug-likeness (QED) is 0.447. The number of amides is 3. The molecule has 2 N–H and O–H groups in total. The summed E-state index contributed by atoms with van der Waals surface area (Å²) < 4.78 is 9.95. The largest absolute Gasteiger partial charge is 0.464 e. The summed E-state index contributed by atoms with van der Waals surface area (Å²) in [5.74, 6) is -1.89. The molecule has 36 heavy (non-hydrogen) atoms. The summed E-state index contributed by atoms with van der Waals surface area (Å²) in [5, 5.41) is 5.05. The van der Waals surface area contributed by atoms with Crippen LogP contribution in [0.15, 0.2) is 67.0 Å². The van der Waals surface area contributed by atoms with Gasteiger partial charge in [0.05, 0.1) is 13.7 Å². The van der Waals surface area contributed by atoms with Gasteiger partial charge in [-0.25, -0.2) is 9.59 Å². The summed E-state index contributed by atoms with van der Waals surface area (Å²) in [6.45, 7) is 7.32. The fourth-order valence-corrected chi connectivity index (χ4v) is 4.37. The van der Waals surface area contributed by atoms with Gasteiger partial charge in [0.15, 0.2) is 0 Å². The zero-order valence-corrected chi connectivity index (χ0v) is 20.0. The Morgan fingerprint density at radius 1 is 1.00 bits per heavy atom. The van der Waals surface area contributed by atoms with E-state index in [0.29, 0.717) is 11.3 Å². The molecule has 1 aliphatic carbocycles. The van der Waals surface area contributed by atoms with Crippen molar-refractivity contribution in [2.75, 3.05) is 12.4 Å². The molecule has 186 valence electrons. The van der Waals surface area contributed by atoms with Crippen molar-refractivity contribution in [2.45, 2.75) is 38.3 Å². The molecule has 0 radical (unpaired) electrons. The summed E-state index contributed by atoms with van der Waals surface area (Å²) in [6.07, 6.45) is 3.46. The Kier molecular flexibility index (Phi) is 7.19. The van der Waals surface area contributed by atoms with Crippen molar-refractivity contribution in [3.05, 3.63) is 78.1 Å². The van der Waals surface area contributed by atoms with E-state index in [1.54, 1.807) is 24.3 Å². The number of fused-ring (bicyclic) bond motifs is 1. The molecule has 1 saturated carbocycles. The van der Waals surface area contributed by atoms with Gasteiger partial charge in [0.25, 0.3) is 11.8 Å². The van der Waals surface area contributed by atoms with Crippen LogP contribution in [0.1, 0.15) is 41.6 Å². The lowest BCUT2D eigenvalue weighted by atomic mass is 9.97. The van der Waals surface area contributed by atoms with Crippen LogP contribution >= 0.6 is 0 Å². The minimum atomic E-state index is -0.792. The third kappa shape index (κ3) is 5.14. The van der Waals surface area contributed by atoms with Gasteiger partial charge in [0, 0.05) is 11.3 Å². The van der Waals surface area contributed by atoms with Gasteiger partial charge in [0.1, 0.15) is 17.5 Å². The topological polar surface area (TPSA) is 114 Å². The van der Waals surface area contributed by atoms with Gasteiger partial charge in [-0.05, 0) is 60.6 Å². The molecule has 9 heteroatoms. The number of esters is 1. The molecule has 2 aliphatic rings. The molecule has 0 saturated heterocycles. The van der Waals surface area contributed by atoms with E-state index in [2.05, 4.69) is 28.5 Å². The predicted molar refractivity (Wildman–Crippen MR) is 133 cm³/mol. The molecule has 2 aromatic rings. The van der Waals surface area contributed by atoms with E-state index in [1.165, 1.54) is 12.0 Å². The molecule has 1 fully saturated rings. The van der Waals surface area contributed by atoms with Crippen LogP contribution in [0.5, 0.6) is 0 Å². The highest BCUT2D eigenvalue weighted by molar-refractivity contribution is 6.07. The minimum absolute atomic E-state index is 0.0213. The molecule has 0 aromatic heterocycles. The van der Waals surface area contributed by atoms with E-state index in [0.717, 1.165) is 42.4 Å². The average molecular weight is 490 g/mol. The lowest BCUT2D eigenvalue weighted by Gasteiger charge is -2.18. The van der Waals surface area contributed by atoms with Crippen molar-refractivity contribution in [1.82, 2.24) is 10.2 Å². The van der Waals surface area contributed by atoms with Gasteiger partial charge in [-0.2, -0.15) is 0 Å². The van der Waals surface area contributed by atoms with E-state index in [9.17, 15) is 19.2 Å². The second kappa shape index (κ2) is 10.5. The normalized spacial score (nSPS) is 14.7. The molecule has 2 aromatic carbocycles. The highest BCUT2D eigenvalue weighted by atomic mass is 16.6. The van der Waals surface area contributed by atoms with Crippen LogP contribution in [0.2, 0.25) is 0 Å². The number of rotatable bonds is 7. The Morgan fingerprint density at radius 2 is 1.67 bits per heavy atom. The number of carbonyl (C=O) groups is 4. The predicted octanol–water partition coefficient (Wildman–Crippen LogP) is 4.12. The Morgan fingerprint density at radius 3 is 2.33 bits per heavy atom. The summed E-state index contributed by atoms with van der Waals surface area (Å²) >= 11 is 0. The number of carbonyl (C=O) groups excluding carboxylic acids is 4. The molecule has 0 bridgehead atoms. The summed E-state index contributed by atoms with van der Waals surface area (Å²) in [4.78, 5) is 50.5. The number of anilines is 1. The Hall–Kier alpha value is -4.40. The molecule has 3 amide bonds. The molecular formula is C27H27N3O6. The Labute approximate surface area is 208 Å². The summed E-state index contributed by atoms with van der Waals surface area (Å²) in [6, 6.07) is 12.6. The standard InChI is InChI=1S/C27H27N3O6/c1-16(26(33)35-3)28-24(31)17(2)30-15-23-21(9-6-10-22(23)25(30)32)18-11-13-19(14-12-18)29-27(34)36-20-7-4-5-8-20/h6,9-14,20H,1-2,4-5,7-8,15H2,3H3,(H,28,31)(H,29,34). The van der Waals surface area contributed by atoms with Gasteiger partial charge >= 0.3 is 12.1 Å². The van der Waals surface area contributed by atoms with Crippen molar-refractivity contribution in [3.63, 3.8) is 0 Å². The zero-order chi connectivity index (χ0) is 25.8. The van der Waals surface area contributed by atoms with Crippen molar-refractivity contribution in [1.29, 1.82) is 0 Å². The fourth-order valence-electron chi connectivity index (χ4n) is 4.37. The van der Waals surface area contributed by atoms with Crippen LogP contribution in [0, 0.1) is 0 Å². The van der Waals surface area contributed by atoms with E-state index >= 15 is 0 Å². The first-order valence-electron chi connectivity index (χ1n) is 11.6. The summed E-state index contributed by atoms with van der Waals surface area (Å²) in [5.41, 5.74) is 3.07. The van der Waals surface area contributed by atoms with E-state index < -0.39 is 18.0 Å². The Balaban J connectivity index is 1.46. The smallest absolute Gasteiger partial charge is 0.411 e. The van der Waals surface area contributed by atoms with Crippen molar-refractivity contribution in [3.8, 4) is 11.1 Å². The van der Waals surface area contributed by atoms with Crippen LogP contribution < -0.4 is 10.6 Å². The minimum Gasteiger partial charge on any atom is -0.464 e. The molecule has 0 atom stereocenters. The second-order valence-corrected chi connectivity index (χ2v) is 8.61. The van der Waals surface area contributed by atoms with Gasteiger partial charge in [0.2, 0.25) is 0 Å². The third-order valence-corrected chi connectivity index (χ3v) is 6.27. The van der Waals surface area contributed by atoms with Gasteiger partial charge in [-0.1, -0.05) is 37.4 Å². The molecular weight excluding hydrogens is 462 g/mol. The lowest BCUT2D eigenvalue weighted by Crippen LogP contribution is -2.36. The maximum absolute atomic E-state index is 13.0. The molecule has 0 unspecified atom stereocenters. The van der Waals surface area contributed by atoms with Crippen molar-refractivity contribution in [2.24, 2.45) is 0 Å². The van der Waals surface area contributed by atoms with Crippen LogP contribution in [0.3, 0.4) is 0 Å². The van der Waals surface area contributed by atoms with Gasteiger partial charge < -0.3 is 14.8 Å². The highest BCUT2D eigenvalue weighted by Gasteiger charge is 2.33. The van der Waals surface area contributed by atoms with Crippen molar-refractivity contribution >= 4 is 29.6 Å². The monoisotopic (exact) mass is 489 g/mol. The highest BCUT2D eigenvalue weighted by Crippen LogP contribution is 2.34. The number of ether oxygens (including phenoxy) is 2. The number of methoxy groups -OCH3 is 1. The van der Waals surface area contributed by atoms with Gasteiger partial charge in [-0.3, -0.25) is 19.8 Å². The first kappa shape index (κ1) is 24.7. The fraction of sp³-hybridized carbons (Fsp3) is 0.259. The van der Waals surface area contributed by atoms with Crippen LogP contribution in [-0.2, 0) is 25.6 Å². The summed E-state index contributed by atoms with van der Waals surface area (Å²) in [7, 11) is 1.17. The Bertz CT molecular complexity index is 1240. The van der Waals surface area contributed by atoms with Gasteiger partial charge in [-0.15, -0.1) is 0 Å². The molecule has 9 nitrogen and oxygen atoms in total. The van der Waals surface area contributed by atoms with Crippen molar-refractivity contribution < 1.29 is 28.7 Å². The van der Waals surface area contributed by atoms with Crippen LogP contribution in [0.25, 0.3) is 11.1 Å². The first-order valence-corrected chi connectivity index (χ1v) is 11.6. The van der Waals surface area contributed by atoms with Crippen LogP contribution in [-0.4, -0.2) is 42.0 Å². The first-order chi connectivity index (χ1) is 17.3. The van der Waals surface area contributed by atoms with E-state index in [1.807, 2.05) is 18.2 Å². The zero-order valence-electron chi connectivity index (χ0n) is 20.0. The number of nitrogens with zero attached hydrogens (tertiary/aromatic N) is 1. The number of hydrogen-bond donors (Lipinski definition) is 2. The molecule has 1 heterocycles.